The van der Waals surface area contributed by atoms with E-state index in [2.05, 4.69) is 9.97 Å². The van der Waals surface area contributed by atoms with Gasteiger partial charge in [0.15, 0.2) is 0 Å². The van der Waals surface area contributed by atoms with E-state index < -0.39 is 17.6 Å². The molecule has 0 radical (unpaired) electrons. The molecule has 19 heavy (non-hydrogen) atoms. The smallest absolute Gasteiger partial charge is 0.385 e. The Labute approximate surface area is 112 Å². The molecule has 3 heterocycles. The van der Waals surface area contributed by atoms with Gasteiger partial charge in [-0.15, -0.1) is 0 Å². The van der Waals surface area contributed by atoms with Crippen molar-refractivity contribution in [2.45, 2.75) is 48.0 Å². The zero-order chi connectivity index (χ0) is 13.7. The number of alkyl halides is 3. The van der Waals surface area contributed by atoms with Gasteiger partial charge in [-0.05, 0) is 25.7 Å². The van der Waals surface area contributed by atoms with Gasteiger partial charge in [0.2, 0.25) is 5.82 Å². The first-order valence-corrected chi connectivity index (χ1v) is 7.09. The summed E-state index contributed by atoms with van der Waals surface area (Å²) in [7, 11) is 0. The van der Waals surface area contributed by atoms with Crippen molar-refractivity contribution >= 4 is 11.8 Å². The average molecular weight is 290 g/mol. The van der Waals surface area contributed by atoms with E-state index in [9.17, 15) is 18.3 Å². The molecule has 0 aromatic carbocycles. The zero-order valence-electron chi connectivity index (χ0n) is 10.0. The SMILES string of the molecule is OC1(c2cnc(C(F)(F)F)nc2)CC2CCC(C1)S2. The van der Waals surface area contributed by atoms with Gasteiger partial charge in [-0.25, -0.2) is 9.97 Å². The maximum atomic E-state index is 12.4. The van der Waals surface area contributed by atoms with Crippen molar-refractivity contribution in [2.75, 3.05) is 0 Å². The van der Waals surface area contributed by atoms with Crippen LogP contribution in [0.15, 0.2) is 12.4 Å². The molecule has 2 aliphatic rings. The van der Waals surface area contributed by atoms with E-state index in [1.807, 2.05) is 11.8 Å². The number of nitrogens with zero attached hydrogens (tertiary/aromatic N) is 2. The van der Waals surface area contributed by atoms with Crippen LogP contribution in [-0.4, -0.2) is 25.6 Å². The number of aliphatic hydroxyl groups is 1. The van der Waals surface area contributed by atoms with Gasteiger partial charge in [-0.2, -0.15) is 24.9 Å². The molecule has 2 fully saturated rings. The highest BCUT2D eigenvalue weighted by molar-refractivity contribution is 8.00. The van der Waals surface area contributed by atoms with Crippen LogP contribution in [0.2, 0.25) is 0 Å². The number of hydrogen-bond acceptors (Lipinski definition) is 4. The Balaban J connectivity index is 1.86. The molecular weight excluding hydrogens is 277 g/mol. The molecule has 0 amide bonds. The molecule has 0 saturated carbocycles. The van der Waals surface area contributed by atoms with Crippen molar-refractivity contribution in [1.29, 1.82) is 0 Å². The van der Waals surface area contributed by atoms with Gasteiger partial charge in [-0.3, -0.25) is 0 Å². The number of thioether (sulfide) groups is 1. The Morgan fingerprint density at radius 2 is 1.68 bits per heavy atom. The fourth-order valence-electron chi connectivity index (χ4n) is 2.87. The van der Waals surface area contributed by atoms with Gasteiger partial charge in [0.1, 0.15) is 0 Å². The van der Waals surface area contributed by atoms with Crippen molar-refractivity contribution in [3.8, 4) is 0 Å². The molecule has 2 saturated heterocycles. The number of aromatic nitrogens is 2. The normalized spacial score (nSPS) is 34.5. The summed E-state index contributed by atoms with van der Waals surface area (Å²) in [5.74, 6) is -1.16. The maximum absolute atomic E-state index is 12.4. The molecule has 1 aromatic rings. The second-order valence-corrected chi connectivity index (χ2v) is 6.80. The van der Waals surface area contributed by atoms with E-state index in [1.165, 1.54) is 0 Å². The molecule has 3 nitrogen and oxygen atoms in total. The minimum Gasteiger partial charge on any atom is -0.385 e. The summed E-state index contributed by atoms with van der Waals surface area (Å²) in [6.07, 6.45) is 0.975. The highest BCUT2D eigenvalue weighted by atomic mass is 32.2. The largest absolute Gasteiger partial charge is 0.451 e. The first kappa shape index (κ1) is 13.2. The molecule has 0 spiro atoms. The van der Waals surface area contributed by atoms with Gasteiger partial charge in [0.25, 0.3) is 0 Å². The summed E-state index contributed by atoms with van der Waals surface area (Å²) in [5.41, 5.74) is -0.668. The third-order valence-corrected chi connectivity index (χ3v) is 5.34. The van der Waals surface area contributed by atoms with Crippen molar-refractivity contribution in [3.63, 3.8) is 0 Å². The highest BCUT2D eigenvalue weighted by Gasteiger charge is 2.45. The van der Waals surface area contributed by atoms with E-state index >= 15 is 0 Å². The predicted octanol–water partition coefficient (Wildman–Crippen LogP) is 2.74. The zero-order valence-corrected chi connectivity index (χ0v) is 10.8. The number of rotatable bonds is 1. The molecular formula is C12H13F3N2OS. The van der Waals surface area contributed by atoms with Gasteiger partial charge in [0, 0.05) is 28.5 Å². The molecule has 2 atom stereocenters. The maximum Gasteiger partial charge on any atom is 0.451 e. The first-order chi connectivity index (χ1) is 8.87. The Hall–Kier alpha value is -0.820. The molecule has 1 aromatic heterocycles. The fourth-order valence-corrected chi connectivity index (χ4v) is 4.70. The van der Waals surface area contributed by atoms with E-state index in [4.69, 9.17) is 0 Å². The number of fused-ring (bicyclic) bond motifs is 2. The second-order valence-electron chi connectivity index (χ2n) is 5.19. The Kier molecular flexibility index (Phi) is 3.01. The van der Waals surface area contributed by atoms with E-state index in [0.29, 0.717) is 28.9 Å². The van der Waals surface area contributed by atoms with Gasteiger partial charge >= 0.3 is 6.18 Å². The third kappa shape index (κ3) is 2.45. The lowest BCUT2D eigenvalue weighted by atomic mass is 9.88. The molecule has 104 valence electrons. The average Bonchev–Trinajstić information content (AvgIpc) is 2.68. The summed E-state index contributed by atoms with van der Waals surface area (Å²) in [4.78, 5) is 6.68. The number of hydrogen-bond donors (Lipinski definition) is 1. The van der Waals surface area contributed by atoms with Crippen LogP contribution < -0.4 is 0 Å². The summed E-state index contributed by atoms with van der Waals surface area (Å²) in [6.45, 7) is 0. The third-order valence-electron chi connectivity index (χ3n) is 3.77. The first-order valence-electron chi connectivity index (χ1n) is 6.14. The predicted molar refractivity (Wildman–Crippen MR) is 64.6 cm³/mol. The molecule has 1 N–H and O–H groups in total. The lowest BCUT2D eigenvalue weighted by Crippen LogP contribution is -2.35. The van der Waals surface area contributed by atoms with Crippen LogP contribution in [0.1, 0.15) is 37.1 Å². The molecule has 3 rings (SSSR count). The Morgan fingerprint density at radius 3 is 2.16 bits per heavy atom. The summed E-state index contributed by atoms with van der Waals surface area (Å²) >= 11 is 1.88. The Bertz CT molecular complexity index is 465. The van der Waals surface area contributed by atoms with Crippen LogP contribution in [0.25, 0.3) is 0 Å². The number of halogens is 3. The van der Waals surface area contributed by atoms with Crippen LogP contribution in [0, 0.1) is 0 Å². The van der Waals surface area contributed by atoms with Crippen LogP contribution in [-0.2, 0) is 11.8 Å². The fraction of sp³-hybridized carbons (Fsp3) is 0.667. The molecule has 2 bridgehead atoms. The summed E-state index contributed by atoms with van der Waals surface area (Å²) < 4.78 is 37.2. The quantitative estimate of drug-likeness (QED) is 0.864. The van der Waals surface area contributed by atoms with Crippen LogP contribution in [0.4, 0.5) is 13.2 Å². The standard InChI is InChI=1S/C12H13F3N2OS/c13-12(14,15)10-16-5-7(6-17-10)11(18)3-8-1-2-9(4-11)19-8/h5-6,8-9,18H,1-4H2. The van der Waals surface area contributed by atoms with E-state index in [-0.39, 0.29) is 0 Å². The van der Waals surface area contributed by atoms with Crippen molar-refractivity contribution in [1.82, 2.24) is 9.97 Å². The van der Waals surface area contributed by atoms with Gasteiger partial charge in [-0.1, -0.05) is 0 Å². The van der Waals surface area contributed by atoms with E-state index in [1.54, 1.807) is 0 Å². The van der Waals surface area contributed by atoms with Crippen LogP contribution >= 0.6 is 11.8 Å². The molecule has 0 aliphatic carbocycles. The molecule has 2 aliphatic heterocycles. The summed E-state index contributed by atoms with van der Waals surface area (Å²) in [6, 6.07) is 0. The van der Waals surface area contributed by atoms with Crippen molar-refractivity contribution in [3.05, 3.63) is 23.8 Å². The van der Waals surface area contributed by atoms with Gasteiger partial charge in [0.05, 0.1) is 5.60 Å². The summed E-state index contributed by atoms with van der Waals surface area (Å²) in [5, 5.41) is 11.4. The second kappa shape index (κ2) is 4.34. The Morgan fingerprint density at radius 1 is 1.16 bits per heavy atom. The van der Waals surface area contributed by atoms with E-state index in [0.717, 1.165) is 25.2 Å². The monoisotopic (exact) mass is 290 g/mol. The lowest BCUT2D eigenvalue weighted by Gasteiger charge is -2.35. The van der Waals surface area contributed by atoms with Crippen LogP contribution in [0.3, 0.4) is 0 Å². The highest BCUT2D eigenvalue weighted by Crippen LogP contribution is 2.51. The topological polar surface area (TPSA) is 46.0 Å². The van der Waals surface area contributed by atoms with Crippen LogP contribution in [0.5, 0.6) is 0 Å². The van der Waals surface area contributed by atoms with Gasteiger partial charge < -0.3 is 5.11 Å². The van der Waals surface area contributed by atoms with Crippen molar-refractivity contribution in [2.24, 2.45) is 0 Å². The van der Waals surface area contributed by atoms with Crippen molar-refractivity contribution < 1.29 is 18.3 Å². The minimum absolute atomic E-state index is 0.394. The molecule has 7 heteroatoms. The lowest BCUT2D eigenvalue weighted by molar-refractivity contribution is -0.145. The minimum atomic E-state index is -4.54. The molecule has 2 unspecified atom stereocenters.